The largest absolute Gasteiger partial charge is 0.496 e. The normalized spacial score (nSPS) is 11.7. The molecule has 3 aromatic heterocycles. The predicted molar refractivity (Wildman–Crippen MR) is 217 cm³/mol. The minimum atomic E-state index is 0.541. The van der Waals surface area contributed by atoms with E-state index in [9.17, 15) is 0 Å². The predicted octanol–water partition coefficient (Wildman–Crippen LogP) is 14.6. The van der Waals surface area contributed by atoms with Gasteiger partial charge in [0.15, 0.2) is 0 Å². The van der Waals surface area contributed by atoms with Gasteiger partial charge in [-0.2, -0.15) is 0 Å². The zero-order chi connectivity index (χ0) is 34.4. The highest BCUT2D eigenvalue weighted by Gasteiger charge is 2.20. The molecule has 3 heterocycles. The number of hydrogen-bond donors (Lipinski definition) is 0. The molecule has 258 valence electrons. The number of benzene rings is 2. The molecule has 49 heavy (non-hydrogen) atoms. The van der Waals surface area contributed by atoms with Gasteiger partial charge in [-0.1, -0.05) is 114 Å². The number of methoxy groups -OCH3 is 1. The van der Waals surface area contributed by atoms with Crippen LogP contribution in [0.3, 0.4) is 0 Å². The second-order valence-electron chi connectivity index (χ2n) is 13.0. The zero-order valence-electron chi connectivity index (χ0n) is 30.0. The van der Waals surface area contributed by atoms with Crippen molar-refractivity contribution in [1.82, 2.24) is 0 Å². The van der Waals surface area contributed by atoms with Crippen molar-refractivity contribution in [2.45, 2.75) is 98.3 Å². The van der Waals surface area contributed by atoms with Crippen LogP contribution in [-0.2, 0) is 0 Å². The summed E-state index contributed by atoms with van der Waals surface area (Å²) in [5.41, 5.74) is 4.68. The van der Waals surface area contributed by atoms with Crippen LogP contribution in [0.15, 0.2) is 72.8 Å². The van der Waals surface area contributed by atoms with E-state index in [1.54, 1.807) is 29.8 Å². The molecule has 0 fully saturated rings. The highest BCUT2D eigenvalue weighted by molar-refractivity contribution is 7.24. The van der Waals surface area contributed by atoms with Crippen molar-refractivity contribution >= 4 is 34.0 Å². The second-order valence-corrected chi connectivity index (χ2v) is 16.2. The summed E-state index contributed by atoms with van der Waals surface area (Å²) in [5.74, 6) is 9.16. The van der Waals surface area contributed by atoms with Crippen LogP contribution in [0, 0.1) is 24.7 Å². The molecule has 5 aromatic rings. The Morgan fingerprint density at radius 2 is 1.31 bits per heavy atom. The van der Waals surface area contributed by atoms with Crippen molar-refractivity contribution in [2.75, 3.05) is 13.7 Å². The highest BCUT2D eigenvalue weighted by Crippen LogP contribution is 2.47. The minimum absolute atomic E-state index is 0.541. The van der Waals surface area contributed by atoms with E-state index in [0.29, 0.717) is 5.92 Å². The van der Waals surface area contributed by atoms with Crippen LogP contribution in [0.25, 0.3) is 41.1 Å². The SMILES string of the molecule is CCCCCCCCC#Cc1ccc(-c2ccc(-c3cc(OCC(CC)CCCC)c(-c4ccc(-c5cccc(C)c5)s4)cc3OC)s2)s1. The Labute approximate surface area is 307 Å². The molecular formula is C44H52O2S3. The third kappa shape index (κ3) is 10.4. The minimum Gasteiger partial charge on any atom is -0.496 e. The fourth-order valence-corrected chi connectivity index (χ4v) is 9.09. The number of ether oxygens (including phenoxy) is 2. The smallest absolute Gasteiger partial charge is 0.128 e. The molecule has 0 saturated carbocycles. The molecule has 1 unspecified atom stereocenters. The van der Waals surface area contributed by atoms with Gasteiger partial charge in [-0.3, -0.25) is 0 Å². The second kappa shape index (κ2) is 19.2. The summed E-state index contributed by atoms with van der Waals surface area (Å²) < 4.78 is 12.8. The quantitative estimate of drug-likeness (QED) is 0.0666. The van der Waals surface area contributed by atoms with Gasteiger partial charge in [0, 0.05) is 41.9 Å². The van der Waals surface area contributed by atoms with E-state index in [4.69, 9.17) is 9.47 Å². The molecule has 0 aliphatic carbocycles. The molecule has 5 rings (SSSR count). The molecule has 0 aliphatic rings. The summed E-state index contributed by atoms with van der Waals surface area (Å²) in [5, 5.41) is 0. The first-order chi connectivity index (χ1) is 24.0. The number of hydrogen-bond acceptors (Lipinski definition) is 5. The Hall–Kier alpha value is -3.30. The lowest BCUT2D eigenvalue weighted by Gasteiger charge is -2.19. The van der Waals surface area contributed by atoms with Crippen molar-refractivity contribution in [3.8, 4) is 64.4 Å². The van der Waals surface area contributed by atoms with E-state index >= 15 is 0 Å². The molecule has 2 aromatic carbocycles. The molecule has 0 aliphatic heterocycles. The summed E-state index contributed by atoms with van der Waals surface area (Å²) in [6.07, 6.45) is 13.6. The van der Waals surface area contributed by atoms with Gasteiger partial charge in [-0.25, -0.2) is 0 Å². The van der Waals surface area contributed by atoms with Gasteiger partial charge in [0.2, 0.25) is 0 Å². The molecule has 0 bridgehead atoms. The lowest BCUT2D eigenvalue weighted by atomic mass is 10.0. The maximum Gasteiger partial charge on any atom is 0.128 e. The molecular weight excluding hydrogens is 657 g/mol. The summed E-state index contributed by atoms with van der Waals surface area (Å²) in [4.78, 5) is 7.28. The van der Waals surface area contributed by atoms with Crippen LogP contribution in [-0.4, -0.2) is 13.7 Å². The van der Waals surface area contributed by atoms with Crippen molar-refractivity contribution in [3.05, 3.63) is 83.2 Å². The van der Waals surface area contributed by atoms with E-state index in [1.807, 2.05) is 11.3 Å². The van der Waals surface area contributed by atoms with Crippen LogP contribution < -0.4 is 9.47 Å². The Bertz CT molecular complexity index is 1810. The van der Waals surface area contributed by atoms with Crippen LogP contribution in [0.2, 0.25) is 0 Å². The molecule has 0 amide bonds. The Morgan fingerprint density at radius 1 is 0.653 bits per heavy atom. The summed E-state index contributed by atoms with van der Waals surface area (Å²) in [6.45, 7) is 9.68. The van der Waals surface area contributed by atoms with Gasteiger partial charge in [0.25, 0.3) is 0 Å². The van der Waals surface area contributed by atoms with E-state index in [1.165, 1.54) is 93.3 Å². The molecule has 5 heteroatoms. The molecule has 0 saturated heterocycles. The fourth-order valence-electron chi connectivity index (χ4n) is 6.07. The topological polar surface area (TPSA) is 18.5 Å². The van der Waals surface area contributed by atoms with Gasteiger partial charge in [-0.05, 0) is 79.8 Å². The zero-order valence-corrected chi connectivity index (χ0v) is 32.5. The van der Waals surface area contributed by atoms with E-state index in [2.05, 4.69) is 112 Å². The standard InChI is InChI=1S/C44H52O2S3/c1-6-9-11-12-13-14-15-16-21-35-22-23-43(47-35)44-27-26-41(49-44)36-30-39(46-31-33(8-3)19-10-7-2)37(29-38(36)45-5)42-25-24-40(48-42)34-20-17-18-32(4)28-34/h17-18,20,22-30,33H,6-15,19,31H2,1-5H3. The Balaban J connectivity index is 1.39. The fraction of sp³-hybridized carbons (Fsp3) is 0.409. The maximum atomic E-state index is 6.75. The van der Waals surface area contributed by atoms with Crippen molar-refractivity contribution in [2.24, 2.45) is 5.92 Å². The van der Waals surface area contributed by atoms with Gasteiger partial charge in [-0.15, -0.1) is 34.0 Å². The molecule has 2 nitrogen and oxygen atoms in total. The van der Waals surface area contributed by atoms with Crippen LogP contribution in [0.5, 0.6) is 11.5 Å². The summed E-state index contributed by atoms with van der Waals surface area (Å²) in [7, 11) is 1.78. The van der Waals surface area contributed by atoms with Crippen molar-refractivity contribution in [1.29, 1.82) is 0 Å². The monoisotopic (exact) mass is 708 g/mol. The summed E-state index contributed by atoms with van der Waals surface area (Å²) >= 11 is 5.40. The number of unbranched alkanes of at least 4 members (excludes halogenated alkanes) is 7. The van der Waals surface area contributed by atoms with Crippen LogP contribution >= 0.6 is 34.0 Å². The average Bonchev–Trinajstić information content (AvgIpc) is 3.91. The maximum absolute atomic E-state index is 6.75. The number of rotatable bonds is 18. The Morgan fingerprint density at radius 3 is 2.06 bits per heavy atom. The molecule has 1 atom stereocenters. The van der Waals surface area contributed by atoms with Gasteiger partial charge < -0.3 is 9.47 Å². The van der Waals surface area contributed by atoms with Crippen molar-refractivity contribution < 1.29 is 9.47 Å². The average molecular weight is 709 g/mol. The molecule has 0 N–H and O–H groups in total. The van der Waals surface area contributed by atoms with E-state index < -0.39 is 0 Å². The van der Waals surface area contributed by atoms with E-state index in [-0.39, 0.29) is 0 Å². The lowest BCUT2D eigenvalue weighted by Crippen LogP contribution is -2.11. The lowest BCUT2D eigenvalue weighted by molar-refractivity contribution is 0.234. The first-order valence-corrected chi connectivity index (χ1v) is 20.7. The highest BCUT2D eigenvalue weighted by atomic mass is 32.1. The third-order valence-corrected chi connectivity index (χ3v) is 12.6. The number of thiophene rings is 3. The first kappa shape index (κ1) is 37.0. The van der Waals surface area contributed by atoms with Gasteiger partial charge >= 0.3 is 0 Å². The summed E-state index contributed by atoms with van der Waals surface area (Å²) in [6, 6.07) is 26.4. The third-order valence-electron chi connectivity index (χ3n) is 9.08. The van der Waals surface area contributed by atoms with Gasteiger partial charge in [0.05, 0.1) is 18.6 Å². The van der Waals surface area contributed by atoms with Crippen LogP contribution in [0.4, 0.5) is 0 Å². The van der Waals surface area contributed by atoms with Gasteiger partial charge in [0.1, 0.15) is 11.5 Å². The van der Waals surface area contributed by atoms with Crippen molar-refractivity contribution in [3.63, 3.8) is 0 Å². The van der Waals surface area contributed by atoms with E-state index in [0.717, 1.165) is 47.0 Å². The Kier molecular flexibility index (Phi) is 14.5. The number of aryl methyl sites for hydroxylation is 1. The molecule has 0 spiro atoms. The molecule has 0 radical (unpaired) electrons. The first-order valence-electron chi connectivity index (χ1n) is 18.2. The van der Waals surface area contributed by atoms with Crippen LogP contribution in [0.1, 0.15) is 102 Å².